The molecule has 7 heteroatoms. The maximum atomic E-state index is 12.3. The second-order valence-corrected chi connectivity index (χ2v) is 8.78. The summed E-state index contributed by atoms with van der Waals surface area (Å²) in [5.41, 5.74) is 4.25. The summed E-state index contributed by atoms with van der Waals surface area (Å²) in [5.74, 6) is -0.975. The van der Waals surface area contributed by atoms with Crippen molar-refractivity contribution < 1.29 is 14.3 Å². The van der Waals surface area contributed by atoms with Gasteiger partial charge in [-0.3, -0.25) is 4.79 Å². The summed E-state index contributed by atoms with van der Waals surface area (Å²) in [7, 11) is 0. The number of rotatable bonds is 8. The number of hydrogen-bond donors (Lipinski definition) is 1. The Morgan fingerprint density at radius 1 is 1.00 bits per heavy atom. The van der Waals surface area contributed by atoms with Gasteiger partial charge in [0.2, 0.25) is 0 Å². The smallest absolute Gasteiger partial charge is 0.331 e. The third-order valence-electron chi connectivity index (χ3n) is 5.30. The second kappa shape index (κ2) is 11.4. The third kappa shape index (κ3) is 6.55. The van der Waals surface area contributed by atoms with Crippen LogP contribution >= 0.6 is 15.9 Å². The number of esters is 1. The maximum Gasteiger partial charge on any atom is 0.331 e. The van der Waals surface area contributed by atoms with E-state index in [2.05, 4.69) is 21.2 Å². The highest BCUT2D eigenvalue weighted by Gasteiger charge is 2.13. The van der Waals surface area contributed by atoms with Gasteiger partial charge in [0.25, 0.3) is 5.91 Å². The summed E-state index contributed by atoms with van der Waals surface area (Å²) >= 11 is 3.45. The molecular weight excluding hydrogens is 506 g/mol. The van der Waals surface area contributed by atoms with Crippen molar-refractivity contribution in [2.45, 2.75) is 13.0 Å². The molecule has 4 rings (SSSR count). The van der Waals surface area contributed by atoms with E-state index in [4.69, 9.17) is 9.84 Å². The number of para-hydroxylation sites is 1. The van der Waals surface area contributed by atoms with Crippen molar-refractivity contribution in [1.29, 1.82) is 0 Å². The third-order valence-corrected chi connectivity index (χ3v) is 5.83. The van der Waals surface area contributed by atoms with E-state index < -0.39 is 5.97 Å². The zero-order chi connectivity index (χ0) is 24.6. The zero-order valence-corrected chi connectivity index (χ0v) is 20.7. The summed E-state index contributed by atoms with van der Waals surface area (Å²) in [4.78, 5) is 24.5. The van der Waals surface area contributed by atoms with Gasteiger partial charge in [0, 0.05) is 27.9 Å². The van der Waals surface area contributed by atoms with E-state index in [1.54, 1.807) is 10.8 Å². The van der Waals surface area contributed by atoms with Gasteiger partial charge in [0.05, 0.1) is 17.4 Å². The summed E-state index contributed by atoms with van der Waals surface area (Å²) in [6.07, 6.45) is 4.81. The Kier molecular flexibility index (Phi) is 7.90. The number of carbonyl (C=O) groups excluding carboxylic acids is 2. The van der Waals surface area contributed by atoms with Gasteiger partial charge in [-0.25, -0.2) is 9.48 Å². The summed E-state index contributed by atoms with van der Waals surface area (Å²) in [5, 5.41) is 7.55. The lowest BCUT2D eigenvalue weighted by molar-refractivity contribution is -0.144. The highest BCUT2D eigenvalue weighted by atomic mass is 79.9. The predicted octanol–water partition coefficient (Wildman–Crippen LogP) is 5.74. The van der Waals surface area contributed by atoms with Crippen LogP contribution in [0.4, 0.5) is 0 Å². The van der Waals surface area contributed by atoms with Crippen LogP contribution in [0.5, 0.6) is 0 Å². The van der Waals surface area contributed by atoms with Crippen LogP contribution in [0.2, 0.25) is 0 Å². The molecule has 35 heavy (non-hydrogen) atoms. The standard InChI is InChI=1S/C28H24BrN3O3/c1-20(21-8-4-2-5-9-21)30-26(33)19-35-27(34)17-14-23-18-32(25-10-6-3-7-11-25)31-28(23)22-12-15-24(29)16-13-22/h2-18,20H,19H2,1H3,(H,30,33)/b17-14+/t20-/m1/s1. The van der Waals surface area contributed by atoms with E-state index in [0.29, 0.717) is 0 Å². The van der Waals surface area contributed by atoms with Crippen molar-refractivity contribution in [2.24, 2.45) is 0 Å². The molecule has 0 fully saturated rings. The van der Waals surface area contributed by atoms with Gasteiger partial charge in [-0.2, -0.15) is 5.10 Å². The SMILES string of the molecule is C[C@@H](NC(=O)COC(=O)/C=C/c1cn(-c2ccccc2)nc1-c1ccc(Br)cc1)c1ccccc1. The molecule has 1 aromatic heterocycles. The number of benzene rings is 3. The maximum absolute atomic E-state index is 12.3. The van der Waals surface area contributed by atoms with Gasteiger partial charge < -0.3 is 10.1 Å². The van der Waals surface area contributed by atoms with Crippen molar-refractivity contribution in [3.63, 3.8) is 0 Å². The molecule has 1 heterocycles. The van der Waals surface area contributed by atoms with Gasteiger partial charge in [0.15, 0.2) is 6.61 Å². The Morgan fingerprint density at radius 2 is 1.66 bits per heavy atom. The topological polar surface area (TPSA) is 73.2 Å². The van der Waals surface area contributed by atoms with E-state index in [9.17, 15) is 9.59 Å². The van der Waals surface area contributed by atoms with Crippen molar-refractivity contribution >= 4 is 33.9 Å². The fraction of sp³-hybridized carbons (Fsp3) is 0.107. The van der Waals surface area contributed by atoms with Crippen LogP contribution in [-0.4, -0.2) is 28.3 Å². The van der Waals surface area contributed by atoms with Crippen LogP contribution in [0, 0.1) is 0 Å². The molecule has 0 saturated carbocycles. The van der Waals surface area contributed by atoms with Gasteiger partial charge in [0.1, 0.15) is 0 Å². The van der Waals surface area contributed by atoms with Gasteiger partial charge in [-0.1, -0.05) is 76.6 Å². The zero-order valence-electron chi connectivity index (χ0n) is 19.1. The van der Waals surface area contributed by atoms with Crippen molar-refractivity contribution in [3.8, 4) is 16.9 Å². The van der Waals surface area contributed by atoms with E-state index in [1.807, 2.05) is 98.0 Å². The minimum atomic E-state index is -0.610. The Balaban J connectivity index is 1.44. The van der Waals surface area contributed by atoms with Gasteiger partial charge >= 0.3 is 5.97 Å². The first-order valence-electron chi connectivity index (χ1n) is 11.1. The van der Waals surface area contributed by atoms with Gasteiger partial charge in [-0.15, -0.1) is 0 Å². The Hall–Kier alpha value is -3.97. The molecule has 0 spiro atoms. The number of aromatic nitrogens is 2. The first-order valence-corrected chi connectivity index (χ1v) is 11.9. The molecule has 176 valence electrons. The number of halogens is 1. The normalized spacial score (nSPS) is 11.8. The second-order valence-electron chi connectivity index (χ2n) is 7.86. The molecule has 0 aliphatic carbocycles. The number of ether oxygens (including phenoxy) is 1. The van der Waals surface area contributed by atoms with Gasteiger partial charge in [-0.05, 0) is 42.8 Å². The Bertz CT molecular complexity index is 1320. The Morgan fingerprint density at radius 3 is 2.34 bits per heavy atom. The average Bonchev–Trinajstić information content (AvgIpc) is 3.32. The predicted molar refractivity (Wildman–Crippen MR) is 140 cm³/mol. The van der Waals surface area contributed by atoms with Crippen LogP contribution in [0.15, 0.2) is 102 Å². The molecule has 1 amide bonds. The van der Waals surface area contributed by atoms with Crippen molar-refractivity contribution in [1.82, 2.24) is 15.1 Å². The lowest BCUT2D eigenvalue weighted by Gasteiger charge is -2.13. The van der Waals surface area contributed by atoms with Crippen LogP contribution in [0.1, 0.15) is 24.1 Å². The highest BCUT2D eigenvalue weighted by molar-refractivity contribution is 9.10. The van der Waals surface area contributed by atoms with E-state index in [-0.39, 0.29) is 18.6 Å². The summed E-state index contributed by atoms with van der Waals surface area (Å²) in [6, 6.07) is 26.9. The first kappa shape index (κ1) is 24.2. The number of hydrogen-bond acceptors (Lipinski definition) is 4. The molecule has 0 aliphatic heterocycles. The molecular formula is C28H24BrN3O3. The van der Waals surface area contributed by atoms with E-state index >= 15 is 0 Å². The lowest BCUT2D eigenvalue weighted by Crippen LogP contribution is -2.30. The monoisotopic (exact) mass is 529 g/mol. The number of nitrogens with zero attached hydrogens (tertiary/aromatic N) is 2. The fourth-order valence-electron chi connectivity index (χ4n) is 3.51. The Labute approximate surface area is 212 Å². The number of carbonyl (C=O) groups is 2. The lowest BCUT2D eigenvalue weighted by atomic mass is 10.1. The minimum absolute atomic E-state index is 0.185. The fourth-order valence-corrected chi connectivity index (χ4v) is 3.77. The molecule has 1 atom stereocenters. The van der Waals surface area contributed by atoms with Crippen LogP contribution in [-0.2, 0) is 14.3 Å². The van der Waals surface area contributed by atoms with E-state index in [0.717, 1.165) is 32.5 Å². The highest BCUT2D eigenvalue weighted by Crippen LogP contribution is 2.26. The minimum Gasteiger partial charge on any atom is -0.452 e. The summed E-state index contributed by atoms with van der Waals surface area (Å²) in [6.45, 7) is 1.52. The molecule has 0 unspecified atom stereocenters. The molecule has 4 aromatic rings. The number of nitrogens with one attached hydrogen (secondary N) is 1. The van der Waals surface area contributed by atoms with Crippen molar-refractivity contribution in [3.05, 3.63) is 113 Å². The van der Waals surface area contributed by atoms with Crippen LogP contribution < -0.4 is 5.32 Å². The largest absolute Gasteiger partial charge is 0.452 e. The average molecular weight is 530 g/mol. The molecule has 0 radical (unpaired) electrons. The molecule has 0 saturated heterocycles. The van der Waals surface area contributed by atoms with Crippen LogP contribution in [0.25, 0.3) is 23.0 Å². The number of amides is 1. The molecule has 1 N–H and O–H groups in total. The quantitative estimate of drug-likeness (QED) is 0.233. The first-order chi connectivity index (χ1) is 17.0. The summed E-state index contributed by atoms with van der Waals surface area (Å²) < 4.78 is 7.87. The van der Waals surface area contributed by atoms with Crippen molar-refractivity contribution in [2.75, 3.05) is 6.61 Å². The van der Waals surface area contributed by atoms with Crippen LogP contribution in [0.3, 0.4) is 0 Å². The molecule has 0 aliphatic rings. The van der Waals surface area contributed by atoms with E-state index in [1.165, 1.54) is 6.08 Å². The molecule has 6 nitrogen and oxygen atoms in total. The molecule has 3 aromatic carbocycles. The molecule has 0 bridgehead atoms.